The molecular formula is C26H31N3O5. The Hall–Kier alpha value is -3.23. The smallest absolute Gasteiger partial charge is 0.295 e. The zero-order valence-electron chi connectivity index (χ0n) is 19.5. The number of aromatic nitrogens is 1. The van der Waals surface area contributed by atoms with E-state index in [0.717, 1.165) is 31.5 Å². The molecule has 0 bridgehead atoms. The van der Waals surface area contributed by atoms with Crippen LogP contribution in [0.2, 0.25) is 0 Å². The van der Waals surface area contributed by atoms with Crippen LogP contribution in [0.4, 0.5) is 0 Å². The minimum Gasteiger partial charge on any atom is -0.507 e. The number of carbonyl (C=O) groups excluding carboxylic acids is 2. The maximum Gasteiger partial charge on any atom is 0.295 e. The van der Waals surface area contributed by atoms with E-state index in [4.69, 9.17) is 9.47 Å². The number of benzene rings is 1. The number of nitrogens with zero attached hydrogens (tertiary/aromatic N) is 3. The molecule has 180 valence electrons. The van der Waals surface area contributed by atoms with Crippen LogP contribution in [0.25, 0.3) is 5.76 Å². The van der Waals surface area contributed by atoms with Crippen LogP contribution in [0, 0.1) is 0 Å². The molecule has 0 unspecified atom stereocenters. The van der Waals surface area contributed by atoms with Gasteiger partial charge in [0.15, 0.2) is 0 Å². The average molecular weight is 466 g/mol. The molecule has 8 nitrogen and oxygen atoms in total. The van der Waals surface area contributed by atoms with Gasteiger partial charge in [0.05, 0.1) is 31.4 Å². The highest BCUT2D eigenvalue weighted by Crippen LogP contribution is 2.39. The van der Waals surface area contributed by atoms with Crippen molar-refractivity contribution in [1.82, 2.24) is 14.8 Å². The van der Waals surface area contributed by atoms with E-state index in [-0.39, 0.29) is 11.3 Å². The van der Waals surface area contributed by atoms with Crippen molar-refractivity contribution in [2.75, 3.05) is 46.0 Å². The third-order valence-corrected chi connectivity index (χ3v) is 6.22. The molecule has 1 aromatic heterocycles. The summed E-state index contributed by atoms with van der Waals surface area (Å²) in [5, 5.41) is 11.2. The van der Waals surface area contributed by atoms with E-state index < -0.39 is 17.7 Å². The number of pyridine rings is 1. The molecule has 0 saturated carbocycles. The van der Waals surface area contributed by atoms with Crippen molar-refractivity contribution >= 4 is 17.4 Å². The predicted molar refractivity (Wildman–Crippen MR) is 127 cm³/mol. The first-order valence-corrected chi connectivity index (χ1v) is 11.8. The number of ether oxygens (including phenoxy) is 2. The molecule has 34 heavy (non-hydrogen) atoms. The maximum atomic E-state index is 13.1. The van der Waals surface area contributed by atoms with E-state index in [1.54, 1.807) is 53.7 Å². The summed E-state index contributed by atoms with van der Waals surface area (Å²) in [4.78, 5) is 34.0. The van der Waals surface area contributed by atoms with Gasteiger partial charge in [0, 0.05) is 44.1 Å². The molecule has 1 amide bonds. The molecule has 2 fully saturated rings. The first kappa shape index (κ1) is 23.9. The van der Waals surface area contributed by atoms with Crippen LogP contribution < -0.4 is 4.74 Å². The van der Waals surface area contributed by atoms with Crippen molar-refractivity contribution in [3.05, 3.63) is 65.5 Å². The lowest BCUT2D eigenvalue weighted by Crippen LogP contribution is -2.42. The summed E-state index contributed by atoms with van der Waals surface area (Å²) >= 11 is 0. The number of amides is 1. The van der Waals surface area contributed by atoms with Gasteiger partial charge in [-0.2, -0.15) is 0 Å². The predicted octanol–water partition coefficient (Wildman–Crippen LogP) is 3.01. The number of unbranched alkanes of at least 4 members (excludes halogenated alkanes) is 1. The lowest BCUT2D eigenvalue weighted by atomic mass is 9.96. The summed E-state index contributed by atoms with van der Waals surface area (Å²) in [5.41, 5.74) is 1.29. The molecule has 2 aliphatic rings. The minimum atomic E-state index is -0.676. The van der Waals surface area contributed by atoms with Crippen molar-refractivity contribution in [3.63, 3.8) is 0 Å². The largest absolute Gasteiger partial charge is 0.507 e. The van der Waals surface area contributed by atoms with Crippen molar-refractivity contribution in [1.29, 1.82) is 0 Å². The van der Waals surface area contributed by atoms with Gasteiger partial charge in [0.25, 0.3) is 11.7 Å². The van der Waals surface area contributed by atoms with Crippen LogP contribution in [-0.2, 0) is 14.3 Å². The van der Waals surface area contributed by atoms with Gasteiger partial charge in [-0.25, -0.2) is 0 Å². The molecule has 1 N–H and O–H groups in total. The fraction of sp³-hybridized carbons (Fsp3) is 0.423. The number of hydrogen-bond donors (Lipinski definition) is 1. The van der Waals surface area contributed by atoms with E-state index >= 15 is 0 Å². The highest BCUT2D eigenvalue weighted by Gasteiger charge is 2.46. The van der Waals surface area contributed by atoms with Crippen LogP contribution in [0.1, 0.15) is 36.9 Å². The topological polar surface area (TPSA) is 92.2 Å². The Kier molecular flexibility index (Phi) is 7.92. The van der Waals surface area contributed by atoms with E-state index in [2.05, 4.69) is 16.8 Å². The Balaban J connectivity index is 1.63. The van der Waals surface area contributed by atoms with Gasteiger partial charge < -0.3 is 19.5 Å². The summed E-state index contributed by atoms with van der Waals surface area (Å²) in [6.45, 7) is 6.61. The minimum absolute atomic E-state index is 0.0952. The number of likely N-dealkylation sites (tertiary alicyclic amines) is 1. The van der Waals surface area contributed by atoms with Crippen molar-refractivity contribution in [3.8, 4) is 5.75 Å². The van der Waals surface area contributed by atoms with Gasteiger partial charge in [-0.05, 0) is 48.4 Å². The SMILES string of the molecule is CCCCOc1ccc(C(O)=C2C(=O)C(=O)N(CCN3CCOCC3)[C@H]2c2ccncc2)cc1. The maximum absolute atomic E-state index is 13.1. The highest BCUT2D eigenvalue weighted by molar-refractivity contribution is 6.46. The number of Topliss-reactive ketones (excluding diaryl/α,β-unsaturated/α-hetero) is 1. The second kappa shape index (κ2) is 11.3. The van der Waals surface area contributed by atoms with Crippen molar-refractivity contribution in [2.24, 2.45) is 0 Å². The van der Waals surface area contributed by atoms with E-state index in [1.807, 2.05) is 0 Å². The summed E-state index contributed by atoms with van der Waals surface area (Å²) in [6, 6.07) is 9.82. The Morgan fingerprint density at radius 1 is 1.09 bits per heavy atom. The van der Waals surface area contributed by atoms with Gasteiger partial charge in [-0.1, -0.05) is 13.3 Å². The Bertz CT molecular complexity index is 1020. The Morgan fingerprint density at radius 2 is 1.79 bits per heavy atom. The standard InChI is InChI=1S/C26H31N3O5/c1-2-3-16-34-21-6-4-20(5-7-21)24(30)22-23(19-8-10-27-11-9-19)29(26(32)25(22)31)13-12-28-14-17-33-18-15-28/h4-11,23,30H,2-3,12-18H2,1H3/t23-/m0/s1. The first-order chi connectivity index (χ1) is 16.6. The Labute approximate surface area is 199 Å². The zero-order valence-corrected chi connectivity index (χ0v) is 19.5. The van der Waals surface area contributed by atoms with Crippen LogP contribution >= 0.6 is 0 Å². The molecular weight excluding hydrogens is 434 g/mol. The second-order valence-electron chi connectivity index (χ2n) is 8.45. The lowest BCUT2D eigenvalue weighted by molar-refractivity contribution is -0.140. The monoisotopic (exact) mass is 465 g/mol. The molecule has 0 spiro atoms. The highest BCUT2D eigenvalue weighted by atomic mass is 16.5. The van der Waals surface area contributed by atoms with Gasteiger partial charge >= 0.3 is 0 Å². The van der Waals surface area contributed by atoms with Crippen LogP contribution in [0.15, 0.2) is 54.4 Å². The summed E-state index contributed by atoms with van der Waals surface area (Å²) < 4.78 is 11.1. The number of carbonyl (C=O) groups is 2. The molecule has 2 aliphatic heterocycles. The fourth-order valence-corrected chi connectivity index (χ4v) is 4.28. The fourth-order valence-electron chi connectivity index (χ4n) is 4.28. The van der Waals surface area contributed by atoms with Crippen LogP contribution in [0.5, 0.6) is 5.75 Å². The van der Waals surface area contributed by atoms with Gasteiger partial charge in [-0.15, -0.1) is 0 Å². The van der Waals surface area contributed by atoms with Gasteiger partial charge in [0.1, 0.15) is 11.5 Å². The van der Waals surface area contributed by atoms with Crippen molar-refractivity contribution < 1.29 is 24.2 Å². The summed E-state index contributed by atoms with van der Waals surface area (Å²) in [5.74, 6) is -0.767. The number of rotatable bonds is 9. The quantitative estimate of drug-likeness (QED) is 0.263. The van der Waals surface area contributed by atoms with E-state index in [1.165, 1.54) is 0 Å². The van der Waals surface area contributed by atoms with Gasteiger partial charge in [-0.3, -0.25) is 19.5 Å². The number of morpholine rings is 1. The van der Waals surface area contributed by atoms with Crippen LogP contribution in [0.3, 0.4) is 0 Å². The zero-order chi connectivity index (χ0) is 23.9. The number of aliphatic hydroxyl groups excluding tert-OH is 1. The number of aliphatic hydroxyl groups is 1. The van der Waals surface area contributed by atoms with Crippen molar-refractivity contribution in [2.45, 2.75) is 25.8 Å². The molecule has 8 heteroatoms. The van der Waals surface area contributed by atoms with Crippen LogP contribution in [-0.4, -0.2) is 77.6 Å². The molecule has 4 rings (SSSR count). The molecule has 0 radical (unpaired) electrons. The molecule has 0 aliphatic carbocycles. The summed E-state index contributed by atoms with van der Waals surface area (Å²) in [7, 11) is 0. The molecule has 1 aromatic carbocycles. The molecule has 1 atom stereocenters. The molecule has 2 aromatic rings. The average Bonchev–Trinajstić information content (AvgIpc) is 3.13. The van der Waals surface area contributed by atoms with Gasteiger partial charge in [0.2, 0.25) is 0 Å². The lowest BCUT2D eigenvalue weighted by Gasteiger charge is -2.30. The number of ketones is 1. The third kappa shape index (κ3) is 5.29. The van der Waals surface area contributed by atoms with E-state index in [9.17, 15) is 14.7 Å². The van der Waals surface area contributed by atoms with E-state index in [0.29, 0.717) is 44.2 Å². The third-order valence-electron chi connectivity index (χ3n) is 6.22. The molecule has 2 saturated heterocycles. The second-order valence-corrected chi connectivity index (χ2v) is 8.45. The first-order valence-electron chi connectivity index (χ1n) is 11.8. The Morgan fingerprint density at radius 3 is 2.47 bits per heavy atom. The number of hydrogen-bond acceptors (Lipinski definition) is 7. The summed E-state index contributed by atoms with van der Waals surface area (Å²) in [6.07, 6.45) is 5.25. The molecule has 3 heterocycles. The normalized spacial score (nSPS) is 20.6.